The Morgan fingerprint density at radius 3 is 3.12 bits per heavy atom. The first-order valence-electron chi connectivity index (χ1n) is 5.67. The maximum Gasteiger partial charge on any atom is 0.213 e. The number of rotatable bonds is 3. The summed E-state index contributed by atoms with van der Waals surface area (Å²) in [5, 5.41) is 0.643. The molecule has 88 valence electrons. The van der Waals surface area contributed by atoms with Gasteiger partial charge in [0.05, 0.1) is 11.6 Å². The molecule has 0 amide bonds. The highest BCUT2D eigenvalue weighted by molar-refractivity contribution is 6.30. The van der Waals surface area contributed by atoms with Crippen molar-refractivity contribution in [3.05, 3.63) is 23.4 Å². The van der Waals surface area contributed by atoms with Crippen LogP contribution in [0.5, 0.6) is 5.88 Å². The fourth-order valence-corrected chi connectivity index (χ4v) is 2.17. The van der Waals surface area contributed by atoms with Crippen LogP contribution in [0.1, 0.15) is 12.8 Å². The molecule has 16 heavy (non-hydrogen) atoms. The van der Waals surface area contributed by atoms with Gasteiger partial charge in [-0.1, -0.05) is 11.6 Å². The van der Waals surface area contributed by atoms with Crippen molar-refractivity contribution in [2.24, 2.45) is 5.92 Å². The van der Waals surface area contributed by atoms with Crippen LogP contribution in [0.3, 0.4) is 0 Å². The zero-order chi connectivity index (χ0) is 11.4. The van der Waals surface area contributed by atoms with Gasteiger partial charge in [-0.3, -0.25) is 0 Å². The van der Waals surface area contributed by atoms with Crippen LogP contribution < -0.4 is 4.74 Å². The van der Waals surface area contributed by atoms with Crippen molar-refractivity contribution in [2.75, 3.05) is 26.7 Å². The highest BCUT2D eigenvalue weighted by atomic mass is 35.5. The van der Waals surface area contributed by atoms with E-state index in [1.54, 1.807) is 12.3 Å². The molecule has 2 rings (SSSR count). The van der Waals surface area contributed by atoms with Gasteiger partial charge in [-0.25, -0.2) is 4.98 Å². The van der Waals surface area contributed by atoms with Crippen molar-refractivity contribution in [3.8, 4) is 5.88 Å². The maximum atomic E-state index is 5.75. The van der Waals surface area contributed by atoms with Gasteiger partial charge in [0.15, 0.2) is 0 Å². The van der Waals surface area contributed by atoms with Crippen LogP contribution in [0.4, 0.5) is 0 Å². The monoisotopic (exact) mass is 240 g/mol. The van der Waals surface area contributed by atoms with Crippen LogP contribution in [-0.2, 0) is 0 Å². The van der Waals surface area contributed by atoms with Gasteiger partial charge < -0.3 is 9.64 Å². The number of likely N-dealkylation sites (tertiary alicyclic amines) is 1. The highest BCUT2D eigenvalue weighted by Crippen LogP contribution is 2.17. The van der Waals surface area contributed by atoms with Crippen LogP contribution in [0.25, 0.3) is 0 Å². The Kier molecular flexibility index (Phi) is 4.02. The molecule has 1 atom stereocenters. The Bertz CT molecular complexity index is 328. The van der Waals surface area contributed by atoms with E-state index in [9.17, 15) is 0 Å². The molecule has 0 aliphatic carbocycles. The molecule has 4 heteroatoms. The van der Waals surface area contributed by atoms with Crippen LogP contribution >= 0.6 is 11.6 Å². The minimum atomic E-state index is 0.622. The molecule has 1 saturated heterocycles. The fraction of sp³-hybridized carbons (Fsp3) is 0.583. The van der Waals surface area contributed by atoms with Crippen molar-refractivity contribution in [1.29, 1.82) is 0 Å². The van der Waals surface area contributed by atoms with Gasteiger partial charge in [0, 0.05) is 24.7 Å². The van der Waals surface area contributed by atoms with Crippen molar-refractivity contribution in [1.82, 2.24) is 9.88 Å². The Labute approximate surface area is 101 Å². The molecule has 0 radical (unpaired) electrons. The lowest BCUT2D eigenvalue weighted by Gasteiger charge is -2.29. The van der Waals surface area contributed by atoms with Gasteiger partial charge in [0.2, 0.25) is 5.88 Å². The number of pyridine rings is 1. The van der Waals surface area contributed by atoms with E-state index in [4.69, 9.17) is 16.3 Å². The van der Waals surface area contributed by atoms with Crippen LogP contribution in [-0.4, -0.2) is 36.6 Å². The number of piperidine rings is 1. The molecule has 1 fully saturated rings. The molecule has 0 aromatic carbocycles. The number of ether oxygens (including phenoxy) is 1. The summed E-state index contributed by atoms with van der Waals surface area (Å²) in [7, 11) is 2.16. The van der Waals surface area contributed by atoms with E-state index in [0.717, 1.165) is 13.2 Å². The van der Waals surface area contributed by atoms with E-state index < -0.39 is 0 Å². The first kappa shape index (κ1) is 11.7. The zero-order valence-corrected chi connectivity index (χ0v) is 10.3. The van der Waals surface area contributed by atoms with Gasteiger partial charge in [0.1, 0.15) is 0 Å². The molecular formula is C12H17ClN2O. The minimum absolute atomic E-state index is 0.622. The SMILES string of the molecule is CN1CCCC(COc2ccc(Cl)cn2)C1. The summed E-state index contributed by atoms with van der Waals surface area (Å²) in [6, 6.07) is 3.62. The van der Waals surface area contributed by atoms with Crippen molar-refractivity contribution < 1.29 is 4.74 Å². The first-order chi connectivity index (χ1) is 7.74. The second kappa shape index (κ2) is 5.51. The lowest BCUT2D eigenvalue weighted by atomic mass is 10.00. The summed E-state index contributed by atoms with van der Waals surface area (Å²) in [4.78, 5) is 6.47. The average Bonchev–Trinajstić information content (AvgIpc) is 2.28. The van der Waals surface area contributed by atoms with Gasteiger partial charge in [-0.15, -0.1) is 0 Å². The molecule has 0 N–H and O–H groups in total. The first-order valence-corrected chi connectivity index (χ1v) is 6.05. The van der Waals surface area contributed by atoms with E-state index in [1.165, 1.54) is 19.4 Å². The Hall–Kier alpha value is -0.800. The number of hydrogen-bond acceptors (Lipinski definition) is 3. The Morgan fingerprint density at radius 2 is 2.44 bits per heavy atom. The van der Waals surface area contributed by atoms with Crippen LogP contribution in [0, 0.1) is 5.92 Å². The van der Waals surface area contributed by atoms with E-state index in [1.807, 2.05) is 6.07 Å². The second-order valence-electron chi connectivity index (χ2n) is 4.40. The molecular weight excluding hydrogens is 224 g/mol. The summed E-state index contributed by atoms with van der Waals surface area (Å²) in [6.07, 6.45) is 4.13. The third kappa shape index (κ3) is 3.35. The predicted octanol–water partition coefficient (Wildman–Crippen LogP) is 2.46. The minimum Gasteiger partial charge on any atom is -0.477 e. The molecule has 1 aliphatic rings. The van der Waals surface area contributed by atoms with Crippen molar-refractivity contribution >= 4 is 11.6 Å². The molecule has 0 spiro atoms. The number of nitrogens with zero attached hydrogens (tertiary/aromatic N) is 2. The summed E-state index contributed by atoms with van der Waals surface area (Å²) in [5.41, 5.74) is 0. The quantitative estimate of drug-likeness (QED) is 0.812. The third-order valence-corrected chi connectivity index (χ3v) is 3.11. The topological polar surface area (TPSA) is 25.4 Å². The molecule has 3 nitrogen and oxygen atoms in total. The van der Waals surface area contributed by atoms with Crippen LogP contribution in [0.15, 0.2) is 18.3 Å². The molecule has 1 unspecified atom stereocenters. The smallest absolute Gasteiger partial charge is 0.213 e. The molecule has 1 aromatic heterocycles. The Balaban J connectivity index is 1.80. The van der Waals surface area contributed by atoms with Crippen molar-refractivity contribution in [3.63, 3.8) is 0 Å². The van der Waals surface area contributed by atoms with E-state index >= 15 is 0 Å². The highest BCUT2D eigenvalue weighted by Gasteiger charge is 2.17. The zero-order valence-electron chi connectivity index (χ0n) is 9.53. The lowest BCUT2D eigenvalue weighted by molar-refractivity contribution is 0.147. The largest absolute Gasteiger partial charge is 0.477 e. The van der Waals surface area contributed by atoms with Crippen molar-refractivity contribution in [2.45, 2.75) is 12.8 Å². The molecule has 0 saturated carbocycles. The predicted molar refractivity (Wildman–Crippen MR) is 65.0 cm³/mol. The summed E-state index contributed by atoms with van der Waals surface area (Å²) >= 11 is 5.75. The molecule has 0 bridgehead atoms. The van der Waals surface area contributed by atoms with Crippen LogP contribution in [0.2, 0.25) is 5.02 Å². The van der Waals surface area contributed by atoms with Gasteiger partial charge in [-0.2, -0.15) is 0 Å². The summed E-state index contributed by atoms with van der Waals surface area (Å²) < 4.78 is 5.65. The maximum absolute atomic E-state index is 5.75. The number of hydrogen-bond donors (Lipinski definition) is 0. The molecule has 2 heterocycles. The number of halogens is 1. The number of aromatic nitrogens is 1. The van der Waals surface area contributed by atoms with E-state index in [0.29, 0.717) is 16.8 Å². The van der Waals surface area contributed by atoms with Gasteiger partial charge in [0.25, 0.3) is 0 Å². The standard InChI is InChI=1S/C12H17ClN2O/c1-15-6-2-3-10(8-15)9-16-12-5-4-11(13)7-14-12/h4-5,7,10H,2-3,6,8-9H2,1H3. The third-order valence-electron chi connectivity index (χ3n) is 2.89. The molecule has 1 aromatic rings. The van der Waals surface area contributed by atoms with E-state index in [-0.39, 0.29) is 0 Å². The normalized spacial score (nSPS) is 22.0. The fourth-order valence-electron chi connectivity index (χ4n) is 2.06. The van der Waals surface area contributed by atoms with Gasteiger partial charge >= 0.3 is 0 Å². The molecule has 1 aliphatic heterocycles. The summed E-state index contributed by atoms with van der Waals surface area (Å²) in [5.74, 6) is 1.29. The lowest BCUT2D eigenvalue weighted by Crippen LogP contribution is -2.34. The van der Waals surface area contributed by atoms with Gasteiger partial charge in [-0.05, 0) is 32.5 Å². The van der Waals surface area contributed by atoms with E-state index in [2.05, 4.69) is 16.9 Å². The Morgan fingerprint density at radius 1 is 1.56 bits per heavy atom. The second-order valence-corrected chi connectivity index (χ2v) is 4.83. The average molecular weight is 241 g/mol. The summed E-state index contributed by atoms with van der Waals surface area (Å²) in [6.45, 7) is 3.07.